The van der Waals surface area contributed by atoms with Crippen molar-refractivity contribution in [1.29, 1.82) is 0 Å². The van der Waals surface area contributed by atoms with Crippen molar-refractivity contribution >= 4 is 16.9 Å². The van der Waals surface area contributed by atoms with Gasteiger partial charge >= 0.3 is 5.97 Å². The van der Waals surface area contributed by atoms with Crippen LogP contribution in [0.2, 0.25) is 0 Å². The van der Waals surface area contributed by atoms with Gasteiger partial charge in [-0.2, -0.15) is 0 Å². The number of aromatic nitrogens is 1. The molecule has 6 heteroatoms. The average Bonchev–Trinajstić information content (AvgIpc) is 2.85. The fraction of sp³-hybridized carbons (Fsp3) is 0.185. The molecule has 0 fully saturated rings. The molecule has 0 bridgehead atoms. The summed E-state index contributed by atoms with van der Waals surface area (Å²) in [6, 6.07) is 22.7. The van der Waals surface area contributed by atoms with E-state index in [-0.39, 0.29) is 12.6 Å². The van der Waals surface area contributed by atoms with E-state index >= 15 is 0 Å². The van der Waals surface area contributed by atoms with Gasteiger partial charge in [-0.3, -0.25) is 0 Å². The molecule has 0 aliphatic rings. The molecule has 0 spiro atoms. The highest BCUT2D eigenvalue weighted by Crippen LogP contribution is 2.24. The summed E-state index contributed by atoms with van der Waals surface area (Å²) in [5, 5.41) is 1.01. The van der Waals surface area contributed by atoms with Gasteiger partial charge < -0.3 is 18.9 Å². The number of methoxy groups -OCH3 is 2. The number of pyridine rings is 1. The van der Waals surface area contributed by atoms with Crippen LogP contribution in [-0.2, 0) is 18.0 Å². The summed E-state index contributed by atoms with van der Waals surface area (Å²) in [7, 11) is 3.02. The number of esters is 1. The largest absolute Gasteiger partial charge is 0.497 e. The highest BCUT2D eigenvalue weighted by atomic mass is 16.5. The Kier molecular flexibility index (Phi) is 6.74. The highest BCUT2D eigenvalue weighted by Gasteiger charge is 2.15. The van der Waals surface area contributed by atoms with E-state index in [0.717, 1.165) is 33.5 Å². The van der Waals surface area contributed by atoms with Crippen molar-refractivity contribution in [3.8, 4) is 17.2 Å². The molecule has 168 valence electrons. The molecule has 4 rings (SSSR count). The summed E-state index contributed by atoms with van der Waals surface area (Å²) in [5.41, 5.74) is 3.86. The fourth-order valence-corrected chi connectivity index (χ4v) is 3.57. The van der Waals surface area contributed by atoms with Crippen molar-refractivity contribution in [3.05, 3.63) is 95.2 Å². The van der Waals surface area contributed by atoms with E-state index in [1.807, 2.05) is 79.7 Å². The lowest BCUT2D eigenvalue weighted by Crippen LogP contribution is -2.10. The predicted octanol–water partition coefficient (Wildman–Crippen LogP) is 5.50. The van der Waals surface area contributed by atoms with Gasteiger partial charge in [-0.15, -0.1) is 0 Å². The van der Waals surface area contributed by atoms with Gasteiger partial charge in [0.1, 0.15) is 30.5 Å². The van der Waals surface area contributed by atoms with Crippen molar-refractivity contribution < 1.29 is 23.7 Å². The first-order valence-corrected chi connectivity index (χ1v) is 10.5. The Labute approximate surface area is 192 Å². The number of hydrogen-bond donors (Lipinski definition) is 0. The van der Waals surface area contributed by atoms with Crippen LogP contribution in [-0.4, -0.2) is 25.2 Å². The SMILES string of the molecule is COC(=O)c1c(C)cccc1COc1cccc(OCc2ccc3cc(OC)ccc3n2)c1. The topological polar surface area (TPSA) is 66.9 Å². The number of rotatable bonds is 8. The van der Waals surface area contributed by atoms with Gasteiger partial charge in [0.05, 0.1) is 31.0 Å². The molecule has 6 nitrogen and oxygen atoms in total. The lowest BCUT2D eigenvalue weighted by atomic mass is 10.0. The molecule has 4 aromatic rings. The van der Waals surface area contributed by atoms with Crippen LogP contribution in [0.15, 0.2) is 72.8 Å². The number of nitrogens with zero attached hydrogens (tertiary/aromatic N) is 1. The van der Waals surface area contributed by atoms with E-state index in [1.54, 1.807) is 7.11 Å². The molecule has 0 aliphatic carbocycles. The first kappa shape index (κ1) is 22.1. The second kappa shape index (κ2) is 10.0. The van der Waals surface area contributed by atoms with Crippen LogP contribution in [0.1, 0.15) is 27.2 Å². The molecule has 0 atom stereocenters. The Morgan fingerprint density at radius 2 is 1.58 bits per heavy atom. The van der Waals surface area contributed by atoms with E-state index in [0.29, 0.717) is 23.7 Å². The van der Waals surface area contributed by atoms with Gasteiger partial charge in [0, 0.05) is 17.0 Å². The van der Waals surface area contributed by atoms with Crippen molar-refractivity contribution in [2.24, 2.45) is 0 Å². The zero-order valence-electron chi connectivity index (χ0n) is 18.8. The van der Waals surface area contributed by atoms with E-state index in [1.165, 1.54) is 7.11 Å². The number of carbonyl (C=O) groups is 1. The van der Waals surface area contributed by atoms with Crippen LogP contribution in [0.4, 0.5) is 0 Å². The summed E-state index contributed by atoms with van der Waals surface area (Å²) in [6.45, 7) is 2.45. The van der Waals surface area contributed by atoms with E-state index < -0.39 is 0 Å². The lowest BCUT2D eigenvalue weighted by Gasteiger charge is -2.13. The van der Waals surface area contributed by atoms with E-state index in [2.05, 4.69) is 4.98 Å². The van der Waals surface area contributed by atoms with Gasteiger partial charge in [0.2, 0.25) is 0 Å². The minimum Gasteiger partial charge on any atom is -0.497 e. The fourth-order valence-electron chi connectivity index (χ4n) is 3.57. The van der Waals surface area contributed by atoms with Crippen LogP contribution in [0.5, 0.6) is 17.2 Å². The third-order valence-electron chi connectivity index (χ3n) is 5.29. The quantitative estimate of drug-likeness (QED) is 0.335. The number of hydrogen-bond acceptors (Lipinski definition) is 6. The third kappa shape index (κ3) is 5.23. The van der Waals surface area contributed by atoms with Gasteiger partial charge in [-0.1, -0.05) is 30.3 Å². The monoisotopic (exact) mass is 443 g/mol. The predicted molar refractivity (Wildman–Crippen MR) is 126 cm³/mol. The molecule has 1 aromatic heterocycles. The Balaban J connectivity index is 1.42. The van der Waals surface area contributed by atoms with Crippen LogP contribution < -0.4 is 14.2 Å². The molecular formula is C27H25NO5. The van der Waals surface area contributed by atoms with E-state index in [9.17, 15) is 4.79 Å². The summed E-state index contributed by atoms with van der Waals surface area (Å²) >= 11 is 0. The molecule has 0 N–H and O–H groups in total. The van der Waals surface area contributed by atoms with Crippen LogP contribution in [0.3, 0.4) is 0 Å². The maximum absolute atomic E-state index is 12.1. The summed E-state index contributed by atoms with van der Waals surface area (Å²) in [6.07, 6.45) is 0. The van der Waals surface area contributed by atoms with Gasteiger partial charge in [0.25, 0.3) is 0 Å². The molecule has 0 amide bonds. The van der Waals surface area contributed by atoms with Crippen LogP contribution in [0, 0.1) is 6.92 Å². The molecule has 0 saturated carbocycles. The second-order valence-electron chi connectivity index (χ2n) is 7.51. The minimum absolute atomic E-state index is 0.241. The zero-order valence-corrected chi connectivity index (χ0v) is 18.8. The van der Waals surface area contributed by atoms with Gasteiger partial charge in [-0.25, -0.2) is 9.78 Å². The Morgan fingerprint density at radius 1 is 0.818 bits per heavy atom. The molecule has 1 heterocycles. The minimum atomic E-state index is -0.370. The standard InChI is InChI=1S/C27H25NO5/c1-18-6-4-7-20(26(18)27(29)31-3)16-32-23-8-5-9-24(15-23)33-17-21-11-10-19-14-22(30-2)12-13-25(19)28-21/h4-15H,16-17H2,1-3H3. The first-order chi connectivity index (χ1) is 16.1. The number of aryl methyl sites for hydroxylation is 1. The zero-order chi connectivity index (χ0) is 23.2. The van der Waals surface area contributed by atoms with Gasteiger partial charge in [0.15, 0.2) is 0 Å². The Bertz CT molecular complexity index is 1280. The number of fused-ring (bicyclic) bond motifs is 1. The molecule has 0 radical (unpaired) electrons. The first-order valence-electron chi connectivity index (χ1n) is 10.5. The maximum atomic E-state index is 12.1. The summed E-state index contributed by atoms with van der Waals surface area (Å²) in [4.78, 5) is 16.8. The van der Waals surface area contributed by atoms with Crippen LogP contribution in [0.25, 0.3) is 10.9 Å². The van der Waals surface area contributed by atoms with Crippen molar-refractivity contribution in [2.75, 3.05) is 14.2 Å². The van der Waals surface area contributed by atoms with Crippen molar-refractivity contribution in [2.45, 2.75) is 20.1 Å². The molecule has 0 aliphatic heterocycles. The van der Waals surface area contributed by atoms with Crippen LogP contribution >= 0.6 is 0 Å². The maximum Gasteiger partial charge on any atom is 0.338 e. The highest BCUT2D eigenvalue weighted by molar-refractivity contribution is 5.92. The number of ether oxygens (including phenoxy) is 4. The van der Waals surface area contributed by atoms with Gasteiger partial charge in [-0.05, 0) is 48.9 Å². The van der Waals surface area contributed by atoms with E-state index in [4.69, 9.17) is 18.9 Å². The average molecular weight is 443 g/mol. The Morgan fingerprint density at radius 3 is 2.33 bits per heavy atom. The molecule has 0 unspecified atom stereocenters. The smallest absolute Gasteiger partial charge is 0.338 e. The number of benzene rings is 3. The summed E-state index contributed by atoms with van der Waals surface area (Å²) < 4.78 is 22.0. The normalized spacial score (nSPS) is 10.6. The molecule has 3 aromatic carbocycles. The van der Waals surface area contributed by atoms with Crippen molar-refractivity contribution in [3.63, 3.8) is 0 Å². The second-order valence-corrected chi connectivity index (χ2v) is 7.51. The number of carbonyl (C=O) groups excluding carboxylic acids is 1. The lowest BCUT2D eigenvalue weighted by molar-refractivity contribution is 0.0597. The Hall–Kier alpha value is -4.06. The molecule has 33 heavy (non-hydrogen) atoms. The molecule has 0 saturated heterocycles. The third-order valence-corrected chi connectivity index (χ3v) is 5.29. The summed E-state index contributed by atoms with van der Waals surface area (Å²) in [5.74, 6) is 1.74. The van der Waals surface area contributed by atoms with Crippen molar-refractivity contribution in [1.82, 2.24) is 4.98 Å². The molecular weight excluding hydrogens is 418 g/mol.